The molecule has 11 nitrogen and oxygen atoms in total. The van der Waals surface area contributed by atoms with Crippen LogP contribution in [0.3, 0.4) is 0 Å². The van der Waals surface area contributed by atoms with E-state index in [2.05, 4.69) is 31.0 Å². The Morgan fingerprint density at radius 2 is 2.09 bits per heavy atom. The third kappa shape index (κ3) is 4.40. The summed E-state index contributed by atoms with van der Waals surface area (Å²) in [6, 6.07) is 12.8. The summed E-state index contributed by atoms with van der Waals surface area (Å²) in [5.74, 6) is -0.0678. The second kappa shape index (κ2) is 9.03. The van der Waals surface area contributed by atoms with Crippen molar-refractivity contribution in [3.8, 4) is 11.8 Å². The summed E-state index contributed by atoms with van der Waals surface area (Å²) in [4.78, 5) is 27.1. The molecule has 0 saturated heterocycles. The van der Waals surface area contributed by atoms with E-state index in [9.17, 15) is 15.0 Å². The van der Waals surface area contributed by atoms with Crippen LogP contribution in [0.1, 0.15) is 27.0 Å². The Labute approximate surface area is 188 Å². The molecule has 0 saturated carbocycles. The van der Waals surface area contributed by atoms with Crippen molar-refractivity contribution in [3.05, 3.63) is 82.3 Å². The highest BCUT2D eigenvalue weighted by molar-refractivity contribution is 6.03. The van der Waals surface area contributed by atoms with E-state index < -0.39 is 5.91 Å². The van der Waals surface area contributed by atoms with E-state index in [4.69, 9.17) is 5.73 Å². The molecule has 0 fully saturated rings. The fourth-order valence-electron chi connectivity index (χ4n) is 3.42. The van der Waals surface area contributed by atoms with Crippen molar-refractivity contribution in [2.24, 2.45) is 10.9 Å². The van der Waals surface area contributed by atoms with Crippen LogP contribution in [0.4, 0.5) is 23.0 Å². The summed E-state index contributed by atoms with van der Waals surface area (Å²) in [7, 11) is 0. The zero-order chi connectivity index (χ0) is 23.4. The first-order valence-electron chi connectivity index (χ1n) is 9.84. The molecule has 4 rings (SSSR count). The predicted octanol–water partition coefficient (Wildman–Crippen LogP) is 3.63. The van der Waals surface area contributed by atoms with Gasteiger partial charge in [0.1, 0.15) is 23.1 Å². The highest BCUT2D eigenvalue weighted by Gasteiger charge is 2.19. The molecular formula is C22H19N9O2. The van der Waals surface area contributed by atoms with Crippen LogP contribution in [0.5, 0.6) is 0 Å². The molecule has 4 aromatic rings. The highest BCUT2D eigenvalue weighted by Crippen LogP contribution is 2.28. The van der Waals surface area contributed by atoms with E-state index in [1.165, 1.54) is 0 Å². The first-order chi connectivity index (χ1) is 16.0. The number of carbonyl (C=O) groups is 1. The van der Waals surface area contributed by atoms with Gasteiger partial charge < -0.3 is 20.9 Å². The third-order valence-corrected chi connectivity index (χ3v) is 4.99. The number of aromatic amines is 1. The maximum absolute atomic E-state index is 12.1. The van der Waals surface area contributed by atoms with Gasteiger partial charge in [-0.1, -0.05) is 6.07 Å². The number of benzene rings is 2. The number of rotatable bonds is 8. The van der Waals surface area contributed by atoms with Crippen LogP contribution in [0.2, 0.25) is 0 Å². The number of anilines is 3. The van der Waals surface area contributed by atoms with Crippen LogP contribution >= 0.6 is 0 Å². The number of amides is 1. The fraction of sp³-hybridized carbons (Fsp3) is 0.0909. The summed E-state index contributed by atoms with van der Waals surface area (Å²) >= 11 is 0. The van der Waals surface area contributed by atoms with E-state index in [-0.39, 0.29) is 29.2 Å². The number of nitrogens with zero attached hydrogens (tertiary/aromatic N) is 5. The molecule has 0 radical (unpaired) electrons. The number of primary amides is 1. The van der Waals surface area contributed by atoms with E-state index in [1.54, 1.807) is 31.6 Å². The van der Waals surface area contributed by atoms with Crippen molar-refractivity contribution >= 4 is 28.9 Å². The van der Waals surface area contributed by atoms with Crippen LogP contribution in [-0.4, -0.2) is 25.7 Å². The van der Waals surface area contributed by atoms with Gasteiger partial charge in [0.15, 0.2) is 5.82 Å². The molecule has 0 spiro atoms. The minimum absolute atomic E-state index is 0.117. The number of aryl methyl sites for hydroxylation is 1. The number of hydrogen-bond donors (Lipinski definition) is 4. The molecule has 33 heavy (non-hydrogen) atoms. The van der Waals surface area contributed by atoms with Gasteiger partial charge in [-0.3, -0.25) is 9.89 Å². The Balaban J connectivity index is 1.53. The summed E-state index contributed by atoms with van der Waals surface area (Å²) < 4.78 is 1.87. The number of nitriles is 1. The number of nitrogens with two attached hydrogens (primary N) is 1. The second-order valence-electron chi connectivity index (χ2n) is 7.19. The SMILES string of the molecule is Cc1cc(CNc2[nH]nc(Nc3ccc(-n4ccnc4)cc3)c2C(N)=O)cc(C#N)c1N=O. The molecule has 0 aliphatic rings. The number of hydrogen-bond acceptors (Lipinski definition) is 8. The van der Waals surface area contributed by atoms with Crippen LogP contribution in [0.15, 0.2) is 60.3 Å². The Kier molecular flexibility index (Phi) is 5.81. The number of nitroso groups, excluding NO2 is 1. The molecule has 0 unspecified atom stereocenters. The van der Waals surface area contributed by atoms with Gasteiger partial charge in [-0.2, -0.15) is 10.4 Å². The number of aromatic nitrogens is 4. The van der Waals surface area contributed by atoms with E-state index in [0.717, 1.165) is 11.3 Å². The molecule has 11 heteroatoms. The molecule has 0 aliphatic carbocycles. The molecule has 0 atom stereocenters. The lowest BCUT2D eigenvalue weighted by Gasteiger charge is -2.09. The molecular weight excluding hydrogens is 422 g/mol. The van der Waals surface area contributed by atoms with Crippen molar-refractivity contribution in [1.82, 2.24) is 19.7 Å². The van der Waals surface area contributed by atoms with Gasteiger partial charge in [-0.15, -0.1) is 4.91 Å². The maximum Gasteiger partial charge on any atom is 0.256 e. The monoisotopic (exact) mass is 441 g/mol. The fourth-order valence-corrected chi connectivity index (χ4v) is 3.42. The lowest BCUT2D eigenvalue weighted by atomic mass is 10.0. The largest absolute Gasteiger partial charge is 0.366 e. The Bertz CT molecular complexity index is 1350. The molecule has 2 aromatic carbocycles. The average molecular weight is 441 g/mol. The predicted molar refractivity (Wildman–Crippen MR) is 123 cm³/mol. The Morgan fingerprint density at radius 1 is 1.30 bits per heavy atom. The van der Waals surface area contributed by atoms with Crippen LogP contribution < -0.4 is 16.4 Å². The lowest BCUT2D eigenvalue weighted by molar-refractivity contribution is 0.100. The number of carbonyl (C=O) groups excluding carboxylic acids is 1. The van der Waals surface area contributed by atoms with Crippen molar-refractivity contribution in [1.29, 1.82) is 5.26 Å². The summed E-state index contributed by atoms with van der Waals surface area (Å²) in [5, 5.41) is 25.3. The molecule has 5 N–H and O–H groups in total. The molecule has 0 aliphatic heterocycles. The van der Waals surface area contributed by atoms with Gasteiger partial charge in [0.25, 0.3) is 5.91 Å². The normalized spacial score (nSPS) is 10.4. The van der Waals surface area contributed by atoms with Crippen molar-refractivity contribution in [3.63, 3.8) is 0 Å². The van der Waals surface area contributed by atoms with Gasteiger partial charge in [-0.25, -0.2) is 4.98 Å². The van der Waals surface area contributed by atoms with Gasteiger partial charge in [0, 0.05) is 30.3 Å². The van der Waals surface area contributed by atoms with Crippen molar-refractivity contribution in [2.45, 2.75) is 13.5 Å². The molecule has 1 amide bonds. The number of imidazole rings is 1. The minimum atomic E-state index is -0.668. The van der Waals surface area contributed by atoms with Gasteiger partial charge >= 0.3 is 0 Å². The van der Waals surface area contributed by atoms with E-state index >= 15 is 0 Å². The van der Waals surface area contributed by atoms with Gasteiger partial charge in [0.2, 0.25) is 0 Å². The van der Waals surface area contributed by atoms with Crippen molar-refractivity contribution in [2.75, 3.05) is 10.6 Å². The Morgan fingerprint density at radius 3 is 2.73 bits per heavy atom. The maximum atomic E-state index is 12.1. The standard InChI is InChI=1S/C22H19N9O2/c1-13-8-14(9-15(10-23)19(13)30-33)11-26-21-18(20(24)32)22(29-28-21)27-16-2-4-17(5-3-16)31-7-6-25-12-31/h2-9,12H,11H2,1H3,(H2,24,32)(H3,26,27,28,29). The van der Waals surface area contributed by atoms with E-state index in [0.29, 0.717) is 17.1 Å². The van der Waals surface area contributed by atoms with Crippen LogP contribution in [0.25, 0.3) is 5.69 Å². The highest BCUT2D eigenvalue weighted by atomic mass is 16.3. The third-order valence-electron chi connectivity index (χ3n) is 4.99. The lowest BCUT2D eigenvalue weighted by Crippen LogP contribution is -2.15. The molecule has 2 aromatic heterocycles. The summed E-state index contributed by atoms with van der Waals surface area (Å²) in [5.41, 5.74) is 9.02. The first kappa shape index (κ1) is 21.3. The number of nitrogens with one attached hydrogen (secondary N) is 3. The van der Waals surface area contributed by atoms with Gasteiger partial charge in [0.05, 0.1) is 11.9 Å². The zero-order valence-corrected chi connectivity index (χ0v) is 17.5. The molecule has 164 valence electrons. The van der Waals surface area contributed by atoms with Crippen molar-refractivity contribution < 1.29 is 4.79 Å². The minimum Gasteiger partial charge on any atom is -0.366 e. The first-order valence-corrected chi connectivity index (χ1v) is 9.84. The topological polar surface area (TPSA) is 167 Å². The second-order valence-corrected chi connectivity index (χ2v) is 7.19. The average Bonchev–Trinajstić information content (AvgIpc) is 3.48. The Hall–Kier alpha value is -4.98. The number of H-pyrrole nitrogens is 1. The quantitative estimate of drug-likeness (QED) is 0.303. The van der Waals surface area contributed by atoms with E-state index in [1.807, 2.05) is 41.1 Å². The zero-order valence-electron chi connectivity index (χ0n) is 17.5. The van der Waals surface area contributed by atoms with Crippen LogP contribution in [0, 0.1) is 23.2 Å². The smallest absolute Gasteiger partial charge is 0.256 e. The molecule has 2 heterocycles. The van der Waals surface area contributed by atoms with Crippen LogP contribution in [-0.2, 0) is 6.54 Å². The van der Waals surface area contributed by atoms with Gasteiger partial charge in [-0.05, 0) is 53.6 Å². The molecule has 0 bridgehead atoms. The summed E-state index contributed by atoms with van der Waals surface area (Å²) in [6.45, 7) is 1.96. The summed E-state index contributed by atoms with van der Waals surface area (Å²) in [6.07, 6.45) is 5.23.